The number of benzene rings is 1. The van der Waals surface area contributed by atoms with Gasteiger partial charge in [0.25, 0.3) is 0 Å². The van der Waals surface area contributed by atoms with Crippen LogP contribution < -0.4 is 9.47 Å². The lowest BCUT2D eigenvalue weighted by Gasteiger charge is -2.60. The predicted octanol–water partition coefficient (Wildman–Crippen LogP) is 6.32. The Kier molecular flexibility index (Phi) is 8.42. The standard InChI is InChI=1S/C35H52N2O4/c1-23(2)21-37(31(39)13-9-8-12-25-10-6-5-7-11-25)28-16-15-27-29-20-26-14-17-30(40-4)33-32(26)35(27,34(28)41-33)18-19-36(29)22-24(3)38/h14,17,23,25,27-29,34H,5-13,15-16,18-22H2,1-4H3/t27-,28-,29+,34-,35-/m0/s1. The van der Waals surface area contributed by atoms with Crippen LogP contribution in [0.4, 0.5) is 0 Å². The van der Waals surface area contributed by atoms with Gasteiger partial charge in [0.05, 0.1) is 19.7 Å². The summed E-state index contributed by atoms with van der Waals surface area (Å²) in [5, 5.41) is 0. The third-order valence-electron chi connectivity index (χ3n) is 11.3. The molecule has 6 heteroatoms. The maximum atomic E-state index is 14.0. The molecule has 2 heterocycles. The number of carbonyl (C=O) groups excluding carboxylic acids is 2. The summed E-state index contributed by atoms with van der Waals surface area (Å²) >= 11 is 0. The van der Waals surface area contributed by atoms with E-state index in [1.54, 1.807) is 14.0 Å². The van der Waals surface area contributed by atoms with Crippen molar-refractivity contribution in [2.24, 2.45) is 17.8 Å². The van der Waals surface area contributed by atoms with Crippen LogP contribution >= 0.6 is 0 Å². The minimum absolute atomic E-state index is 0.0569. The summed E-state index contributed by atoms with van der Waals surface area (Å²) in [6.45, 7) is 8.40. The van der Waals surface area contributed by atoms with E-state index in [0.717, 1.165) is 62.6 Å². The van der Waals surface area contributed by atoms with Gasteiger partial charge >= 0.3 is 0 Å². The number of carbonyl (C=O) groups is 2. The van der Waals surface area contributed by atoms with Crippen molar-refractivity contribution in [3.63, 3.8) is 0 Å². The molecule has 1 spiro atoms. The second-order valence-corrected chi connectivity index (χ2v) is 14.3. The molecular weight excluding hydrogens is 512 g/mol. The molecular formula is C35H52N2O4. The van der Waals surface area contributed by atoms with Crippen LogP contribution in [0.2, 0.25) is 0 Å². The zero-order valence-electron chi connectivity index (χ0n) is 26.0. The summed E-state index contributed by atoms with van der Waals surface area (Å²) in [5.41, 5.74) is 2.59. The molecule has 3 aliphatic carbocycles. The second-order valence-electron chi connectivity index (χ2n) is 14.3. The molecule has 1 aromatic rings. The number of methoxy groups -OCH3 is 1. The van der Waals surface area contributed by atoms with E-state index in [2.05, 4.69) is 35.8 Å². The van der Waals surface area contributed by atoms with Crippen molar-refractivity contribution in [1.29, 1.82) is 0 Å². The highest BCUT2D eigenvalue weighted by Gasteiger charge is 2.66. The van der Waals surface area contributed by atoms with Gasteiger partial charge in [-0.15, -0.1) is 0 Å². The van der Waals surface area contributed by atoms with E-state index in [0.29, 0.717) is 36.8 Å². The fourth-order valence-electron chi connectivity index (χ4n) is 9.69. The van der Waals surface area contributed by atoms with Crippen LogP contribution in [-0.2, 0) is 21.4 Å². The summed E-state index contributed by atoms with van der Waals surface area (Å²) in [6, 6.07) is 4.72. The molecule has 0 N–H and O–H groups in total. The first-order valence-corrected chi connectivity index (χ1v) is 16.7. The molecule has 5 aliphatic rings. The Morgan fingerprint density at radius 1 is 1.12 bits per heavy atom. The summed E-state index contributed by atoms with van der Waals surface area (Å²) in [7, 11) is 1.74. The Labute approximate surface area is 247 Å². The smallest absolute Gasteiger partial charge is 0.222 e. The number of unbranched alkanes of at least 4 members (excludes halogenated alkanes) is 1. The van der Waals surface area contributed by atoms with Crippen molar-refractivity contribution in [1.82, 2.24) is 9.80 Å². The highest BCUT2D eigenvalue weighted by atomic mass is 16.5. The van der Waals surface area contributed by atoms with E-state index in [1.807, 2.05) is 0 Å². The Bertz CT molecular complexity index is 1130. The quantitative estimate of drug-likeness (QED) is 0.295. The third-order valence-corrected chi connectivity index (χ3v) is 11.3. The minimum Gasteiger partial charge on any atom is -0.493 e. The lowest BCUT2D eigenvalue weighted by atomic mass is 9.51. The molecule has 0 unspecified atom stereocenters. The van der Waals surface area contributed by atoms with Crippen LogP contribution in [-0.4, -0.2) is 66.4 Å². The lowest BCUT2D eigenvalue weighted by molar-refractivity contribution is -0.144. The van der Waals surface area contributed by atoms with Crippen LogP contribution in [0, 0.1) is 17.8 Å². The number of nitrogens with zero attached hydrogens (tertiary/aromatic N) is 2. The number of ether oxygens (including phenoxy) is 2. The highest BCUT2D eigenvalue weighted by Crippen LogP contribution is 2.64. The fraction of sp³-hybridized carbons (Fsp3) is 0.771. The van der Waals surface area contributed by atoms with Gasteiger partial charge < -0.3 is 14.4 Å². The zero-order chi connectivity index (χ0) is 28.7. The van der Waals surface area contributed by atoms with E-state index < -0.39 is 0 Å². The van der Waals surface area contributed by atoms with Crippen LogP contribution in [0.3, 0.4) is 0 Å². The lowest BCUT2D eigenvalue weighted by Crippen LogP contribution is -2.69. The van der Waals surface area contributed by atoms with Gasteiger partial charge in [-0.1, -0.05) is 64.9 Å². The Morgan fingerprint density at radius 2 is 1.93 bits per heavy atom. The van der Waals surface area contributed by atoms with Crippen molar-refractivity contribution >= 4 is 11.7 Å². The number of hydrogen-bond donors (Lipinski definition) is 0. The molecule has 41 heavy (non-hydrogen) atoms. The number of likely N-dealkylation sites (tertiary alicyclic amines) is 1. The molecule has 2 saturated carbocycles. The molecule has 5 atom stereocenters. The Morgan fingerprint density at radius 3 is 2.66 bits per heavy atom. The monoisotopic (exact) mass is 564 g/mol. The predicted molar refractivity (Wildman–Crippen MR) is 162 cm³/mol. The molecule has 0 radical (unpaired) electrons. The first-order chi connectivity index (χ1) is 19.8. The molecule has 6 rings (SSSR count). The third kappa shape index (κ3) is 5.21. The summed E-state index contributed by atoms with van der Waals surface area (Å²) in [4.78, 5) is 30.9. The topological polar surface area (TPSA) is 59.1 Å². The molecule has 2 bridgehead atoms. The van der Waals surface area contributed by atoms with Crippen LogP contribution in [0.1, 0.15) is 109 Å². The van der Waals surface area contributed by atoms with Gasteiger partial charge in [0.1, 0.15) is 11.9 Å². The van der Waals surface area contributed by atoms with Crippen molar-refractivity contribution in [3.05, 3.63) is 23.3 Å². The van der Waals surface area contributed by atoms with Gasteiger partial charge in [0.15, 0.2) is 11.5 Å². The SMILES string of the molecule is COc1ccc2c3c1O[C@H]1[C@@H](N(CC(C)C)C(=O)CCCCC4CCCCC4)CC[C@H]4[C@@H](C2)N(CC(C)=O)CC[C@@]341. The van der Waals surface area contributed by atoms with Crippen molar-refractivity contribution < 1.29 is 19.1 Å². The Hall–Kier alpha value is -2.08. The maximum Gasteiger partial charge on any atom is 0.222 e. The Balaban J connectivity index is 1.27. The number of ketones is 1. The minimum atomic E-state index is -0.116. The number of piperidine rings is 1. The molecule has 2 aliphatic heterocycles. The van der Waals surface area contributed by atoms with E-state index >= 15 is 0 Å². The van der Waals surface area contributed by atoms with Crippen LogP contribution in [0.25, 0.3) is 0 Å². The fourth-order valence-corrected chi connectivity index (χ4v) is 9.69. The molecule has 0 aromatic heterocycles. The maximum absolute atomic E-state index is 14.0. The molecule has 1 saturated heterocycles. The zero-order valence-corrected chi connectivity index (χ0v) is 26.0. The van der Waals surface area contributed by atoms with Crippen molar-refractivity contribution in [2.45, 2.75) is 128 Å². The van der Waals surface area contributed by atoms with Crippen molar-refractivity contribution in [3.8, 4) is 11.5 Å². The van der Waals surface area contributed by atoms with Gasteiger partial charge in [0, 0.05) is 30.0 Å². The summed E-state index contributed by atoms with van der Waals surface area (Å²) in [6.07, 6.45) is 15.0. The highest BCUT2D eigenvalue weighted by molar-refractivity contribution is 5.78. The second kappa shape index (κ2) is 11.9. The summed E-state index contributed by atoms with van der Waals surface area (Å²) < 4.78 is 12.9. The van der Waals surface area contributed by atoms with Crippen molar-refractivity contribution in [2.75, 3.05) is 26.7 Å². The average Bonchev–Trinajstić information content (AvgIpc) is 3.30. The van der Waals surface area contributed by atoms with Gasteiger partial charge in [-0.2, -0.15) is 0 Å². The van der Waals surface area contributed by atoms with Gasteiger partial charge in [0.2, 0.25) is 5.91 Å². The molecule has 1 aromatic carbocycles. The van der Waals surface area contributed by atoms with Gasteiger partial charge in [-0.25, -0.2) is 0 Å². The van der Waals surface area contributed by atoms with Gasteiger partial charge in [-0.3, -0.25) is 14.5 Å². The first kappa shape index (κ1) is 29.0. The first-order valence-electron chi connectivity index (χ1n) is 16.7. The molecule has 1 amide bonds. The number of hydrogen-bond acceptors (Lipinski definition) is 5. The molecule has 226 valence electrons. The number of rotatable bonds is 11. The average molecular weight is 565 g/mol. The van der Waals surface area contributed by atoms with E-state index in [1.165, 1.54) is 56.1 Å². The number of Topliss-reactive ketones (excluding diaryl/α,β-unsaturated/α-hetero) is 1. The normalized spacial score (nSPS) is 30.6. The summed E-state index contributed by atoms with van der Waals surface area (Å²) in [5.74, 6) is 4.02. The van der Waals surface area contributed by atoms with E-state index in [4.69, 9.17) is 9.47 Å². The van der Waals surface area contributed by atoms with E-state index in [9.17, 15) is 9.59 Å². The molecule has 3 fully saturated rings. The van der Waals surface area contributed by atoms with E-state index in [-0.39, 0.29) is 23.3 Å². The van der Waals surface area contributed by atoms with Crippen LogP contribution in [0.15, 0.2) is 12.1 Å². The largest absolute Gasteiger partial charge is 0.493 e. The van der Waals surface area contributed by atoms with Crippen LogP contribution in [0.5, 0.6) is 11.5 Å². The van der Waals surface area contributed by atoms with Gasteiger partial charge in [-0.05, 0) is 75.0 Å². The number of amides is 1. The molecule has 6 nitrogen and oxygen atoms in total.